The van der Waals surface area contributed by atoms with Gasteiger partial charge in [0.25, 0.3) is 0 Å². The Bertz CT molecular complexity index is 651. The van der Waals surface area contributed by atoms with E-state index in [1.54, 1.807) is 6.92 Å². The number of amidine groups is 1. The number of rotatable bonds is 3. The van der Waals surface area contributed by atoms with E-state index in [2.05, 4.69) is 10.5 Å². The molecule has 8 heteroatoms. The smallest absolute Gasteiger partial charge is 0.416 e. The molecule has 2 atom stereocenters. The molecule has 26 heavy (non-hydrogen) atoms. The minimum absolute atomic E-state index is 0.0870. The van der Waals surface area contributed by atoms with Gasteiger partial charge in [-0.3, -0.25) is 5.43 Å². The third-order valence-corrected chi connectivity index (χ3v) is 4.38. The van der Waals surface area contributed by atoms with Gasteiger partial charge in [0.05, 0.1) is 17.9 Å². The zero-order valence-electron chi connectivity index (χ0n) is 15.1. The van der Waals surface area contributed by atoms with Crippen LogP contribution in [-0.4, -0.2) is 35.4 Å². The Hall–Kier alpha value is -2.25. The van der Waals surface area contributed by atoms with Gasteiger partial charge < -0.3 is 9.64 Å². The quantitative estimate of drug-likeness (QED) is 0.373. The summed E-state index contributed by atoms with van der Waals surface area (Å²) in [6, 6.07) is 4.86. The Morgan fingerprint density at radius 3 is 2.54 bits per heavy atom. The number of piperidine rings is 1. The number of esters is 1. The molecule has 1 aliphatic heterocycles. The zero-order chi connectivity index (χ0) is 19.3. The molecule has 0 unspecified atom stereocenters. The number of hydrogen-bond donors (Lipinski definition) is 1. The van der Waals surface area contributed by atoms with Gasteiger partial charge in [0.15, 0.2) is 0 Å². The monoisotopic (exact) mass is 371 g/mol. The topological polar surface area (TPSA) is 53.9 Å². The molecule has 1 N–H and O–H groups in total. The number of benzene rings is 1. The largest absolute Gasteiger partial charge is 0.460 e. The first kappa shape index (κ1) is 20.1. The van der Waals surface area contributed by atoms with Gasteiger partial charge in [-0.1, -0.05) is 6.07 Å². The van der Waals surface area contributed by atoms with Gasteiger partial charge in [0, 0.05) is 12.1 Å². The summed E-state index contributed by atoms with van der Waals surface area (Å²) < 4.78 is 43.6. The Morgan fingerprint density at radius 1 is 1.31 bits per heavy atom. The summed E-state index contributed by atoms with van der Waals surface area (Å²) in [4.78, 5) is 14.2. The van der Waals surface area contributed by atoms with Crippen LogP contribution in [0, 0.1) is 0 Å². The number of hydrazone groups is 1. The van der Waals surface area contributed by atoms with Crippen LogP contribution in [0.4, 0.5) is 18.9 Å². The SMILES string of the molecule is CCOC(=O)/C(=N/Nc1cccc(C(F)(F)F)c1)N1[C@H](C)CCC[C@@H]1C. The van der Waals surface area contributed by atoms with Crippen LogP contribution in [-0.2, 0) is 15.7 Å². The zero-order valence-corrected chi connectivity index (χ0v) is 15.1. The average molecular weight is 371 g/mol. The van der Waals surface area contributed by atoms with E-state index in [1.807, 2.05) is 18.7 Å². The lowest BCUT2D eigenvalue weighted by molar-refractivity contribution is -0.138. The Balaban J connectivity index is 2.29. The second-order valence-corrected chi connectivity index (χ2v) is 6.38. The highest BCUT2D eigenvalue weighted by atomic mass is 19.4. The maximum Gasteiger partial charge on any atom is 0.416 e. The lowest BCUT2D eigenvalue weighted by Gasteiger charge is -2.40. The molecule has 1 heterocycles. The number of likely N-dealkylation sites (tertiary alicyclic amines) is 1. The molecule has 0 saturated carbocycles. The third-order valence-electron chi connectivity index (χ3n) is 4.38. The fourth-order valence-electron chi connectivity index (χ4n) is 3.13. The van der Waals surface area contributed by atoms with Crippen LogP contribution in [0.25, 0.3) is 0 Å². The number of carbonyl (C=O) groups excluding carboxylic acids is 1. The first-order valence-corrected chi connectivity index (χ1v) is 8.70. The van der Waals surface area contributed by atoms with Crippen LogP contribution >= 0.6 is 0 Å². The number of nitrogens with one attached hydrogen (secondary N) is 1. The van der Waals surface area contributed by atoms with Crippen molar-refractivity contribution in [1.82, 2.24) is 4.90 Å². The summed E-state index contributed by atoms with van der Waals surface area (Å²) in [6.07, 6.45) is -1.57. The van der Waals surface area contributed by atoms with Gasteiger partial charge in [-0.25, -0.2) is 4.79 Å². The van der Waals surface area contributed by atoms with E-state index in [4.69, 9.17) is 4.74 Å². The summed E-state index contributed by atoms with van der Waals surface area (Å²) in [5.41, 5.74) is 1.95. The van der Waals surface area contributed by atoms with Crippen molar-refractivity contribution < 1.29 is 22.7 Å². The summed E-state index contributed by atoms with van der Waals surface area (Å²) in [5.74, 6) is -0.503. The van der Waals surface area contributed by atoms with Crippen LogP contribution in [0.15, 0.2) is 29.4 Å². The first-order chi connectivity index (χ1) is 12.2. The van der Waals surface area contributed by atoms with Crippen LogP contribution in [0.3, 0.4) is 0 Å². The molecule has 2 rings (SSSR count). The predicted molar refractivity (Wildman–Crippen MR) is 93.7 cm³/mol. The van der Waals surface area contributed by atoms with Gasteiger partial charge in [-0.05, 0) is 58.2 Å². The summed E-state index contributed by atoms with van der Waals surface area (Å²) >= 11 is 0. The number of halogens is 3. The van der Waals surface area contributed by atoms with E-state index in [1.165, 1.54) is 12.1 Å². The van der Waals surface area contributed by atoms with E-state index in [0.29, 0.717) is 0 Å². The molecule has 144 valence electrons. The fraction of sp³-hybridized carbons (Fsp3) is 0.556. The molecule has 0 spiro atoms. The maximum atomic E-state index is 12.8. The molecule has 0 bridgehead atoms. The maximum absolute atomic E-state index is 12.8. The highest BCUT2D eigenvalue weighted by molar-refractivity contribution is 6.35. The Labute approximate surface area is 151 Å². The van der Waals surface area contributed by atoms with E-state index in [-0.39, 0.29) is 30.2 Å². The van der Waals surface area contributed by atoms with Crippen LogP contribution in [0.2, 0.25) is 0 Å². The van der Waals surface area contributed by atoms with Crippen molar-refractivity contribution in [3.63, 3.8) is 0 Å². The standard InChI is InChI=1S/C18H24F3N3O2/c1-4-26-17(25)16(24-12(2)7-5-8-13(24)3)23-22-15-10-6-9-14(11-15)18(19,20)21/h6,9-13,22H,4-5,7-8H2,1-3H3/b23-16-/t12-,13+. The summed E-state index contributed by atoms with van der Waals surface area (Å²) in [7, 11) is 0. The predicted octanol–water partition coefficient (Wildman–Crippen LogP) is 4.26. The molecule has 1 fully saturated rings. The van der Waals surface area contributed by atoms with Gasteiger partial charge in [0.2, 0.25) is 5.84 Å². The summed E-state index contributed by atoms with van der Waals surface area (Å²) in [6.45, 7) is 5.88. The van der Waals surface area contributed by atoms with Crippen molar-refractivity contribution in [3.05, 3.63) is 29.8 Å². The third kappa shape index (κ3) is 4.89. The molecule has 0 aliphatic carbocycles. The van der Waals surface area contributed by atoms with Crippen molar-refractivity contribution >= 4 is 17.5 Å². The normalized spacial score (nSPS) is 21.5. The van der Waals surface area contributed by atoms with E-state index in [0.717, 1.165) is 31.4 Å². The molecular formula is C18H24F3N3O2. The van der Waals surface area contributed by atoms with E-state index in [9.17, 15) is 18.0 Å². The Morgan fingerprint density at radius 2 is 1.96 bits per heavy atom. The second kappa shape index (κ2) is 8.42. The molecule has 1 saturated heterocycles. The van der Waals surface area contributed by atoms with Gasteiger partial charge in [-0.15, -0.1) is 5.10 Å². The highest BCUT2D eigenvalue weighted by Crippen LogP contribution is 2.30. The molecule has 0 radical (unpaired) electrons. The number of nitrogens with zero attached hydrogens (tertiary/aromatic N) is 2. The minimum Gasteiger partial charge on any atom is -0.460 e. The molecular weight excluding hydrogens is 347 g/mol. The molecule has 5 nitrogen and oxygen atoms in total. The van der Waals surface area contributed by atoms with Crippen molar-refractivity contribution in [2.75, 3.05) is 12.0 Å². The van der Waals surface area contributed by atoms with E-state index >= 15 is 0 Å². The van der Waals surface area contributed by atoms with E-state index < -0.39 is 17.7 Å². The van der Waals surface area contributed by atoms with Gasteiger partial charge in [-0.2, -0.15) is 13.2 Å². The molecule has 0 amide bonds. The van der Waals surface area contributed by atoms with Crippen LogP contribution < -0.4 is 5.43 Å². The lowest BCUT2D eigenvalue weighted by Crippen LogP contribution is -2.51. The first-order valence-electron chi connectivity index (χ1n) is 8.70. The molecule has 1 aromatic rings. The second-order valence-electron chi connectivity index (χ2n) is 6.38. The Kier molecular flexibility index (Phi) is 6.50. The van der Waals surface area contributed by atoms with Crippen molar-refractivity contribution in [2.24, 2.45) is 5.10 Å². The van der Waals surface area contributed by atoms with Crippen molar-refractivity contribution in [3.8, 4) is 0 Å². The molecule has 1 aromatic carbocycles. The number of anilines is 1. The minimum atomic E-state index is -4.44. The number of carbonyl (C=O) groups is 1. The summed E-state index contributed by atoms with van der Waals surface area (Å²) in [5, 5.41) is 4.11. The van der Waals surface area contributed by atoms with Crippen molar-refractivity contribution in [1.29, 1.82) is 0 Å². The lowest BCUT2D eigenvalue weighted by atomic mass is 9.97. The van der Waals surface area contributed by atoms with Crippen LogP contribution in [0.5, 0.6) is 0 Å². The molecule has 0 aromatic heterocycles. The number of alkyl halides is 3. The average Bonchev–Trinajstić information content (AvgIpc) is 2.57. The number of ether oxygens (including phenoxy) is 1. The molecule has 1 aliphatic rings. The number of hydrogen-bond acceptors (Lipinski definition) is 4. The van der Waals surface area contributed by atoms with Crippen LogP contribution in [0.1, 0.15) is 45.6 Å². The fourth-order valence-corrected chi connectivity index (χ4v) is 3.13. The highest BCUT2D eigenvalue weighted by Gasteiger charge is 2.33. The van der Waals surface area contributed by atoms with Crippen molar-refractivity contribution in [2.45, 2.75) is 58.3 Å². The van der Waals surface area contributed by atoms with Gasteiger partial charge >= 0.3 is 12.1 Å². The van der Waals surface area contributed by atoms with Gasteiger partial charge in [0.1, 0.15) is 0 Å².